The molecule has 18 heavy (non-hydrogen) atoms. The average Bonchev–Trinajstić information content (AvgIpc) is 2.90. The van der Waals surface area contributed by atoms with E-state index in [0.717, 1.165) is 0 Å². The number of hydrogen-bond acceptors (Lipinski definition) is 4. The third-order valence-electron chi connectivity index (χ3n) is 2.43. The molecule has 2 heterocycles. The van der Waals surface area contributed by atoms with E-state index in [1.807, 2.05) is 0 Å². The molecule has 94 valence electrons. The molecule has 0 saturated heterocycles. The highest BCUT2D eigenvalue weighted by atomic mass is 16.5. The molecule has 2 rings (SSSR count). The smallest absolute Gasteiger partial charge is 0.341 e. The molecular formula is C13H13NO4. The number of hydrogen-bond donors (Lipinski definition) is 0. The van der Waals surface area contributed by atoms with Crippen LogP contribution in [0.1, 0.15) is 16.8 Å². The molecule has 2 aromatic rings. The van der Waals surface area contributed by atoms with Crippen molar-refractivity contribution in [3.8, 4) is 0 Å². The third kappa shape index (κ3) is 3.10. The lowest BCUT2D eigenvalue weighted by molar-refractivity contribution is 0.0495. The molecule has 0 aliphatic carbocycles. The maximum atomic E-state index is 11.4. The molecule has 0 fully saturated rings. The second-order valence-electron chi connectivity index (χ2n) is 3.73. The van der Waals surface area contributed by atoms with Gasteiger partial charge in [0.05, 0.1) is 18.4 Å². The van der Waals surface area contributed by atoms with Gasteiger partial charge in [-0.2, -0.15) is 0 Å². The van der Waals surface area contributed by atoms with Crippen LogP contribution < -0.4 is 5.56 Å². The number of nitrogens with zero attached hydrogens (tertiary/aromatic N) is 1. The quantitative estimate of drug-likeness (QED) is 0.596. The molecule has 0 amide bonds. The number of carbonyl (C=O) groups excluding carboxylic acids is 1. The van der Waals surface area contributed by atoms with E-state index in [0.29, 0.717) is 18.5 Å². The molecule has 0 N–H and O–H groups in total. The van der Waals surface area contributed by atoms with Gasteiger partial charge in [0.2, 0.25) is 5.56 Å². The van der Waals surface area contributed by atoms with E-state index in [2.05, 4.69) is 0 Å². The molecule has 5 heteroatoms. The van der Waals surface area contributed by atoms with Gasteiger partial charge in [-0.1, -0.05) is 6.07 Å². The van der Waals surface area contributed by atoms with E-state index in [1.54, 1.807) is 29.0 Å². The summed E-state index contributed by atoms with van der Waals surface area (Å²) >= 11 is 0. The van der Waals surface area contributed by atoms with Gasteiger partial charge in [-0.05, 0) is 18.6 Å². The Morgan fingerprint density at radius 2 is 2.22 bits per heavy atom. The average molecular weight is 247 g/mol. The molecule has 5 nitrogen and oxygen atoms in total. The third-order valence-corrected chi connectivity index (χ3v) is 2.43. The first-order chi connectivity index (χ1) is 8.77. The summed E-state index contributed by atoms with van der Waals surface area (Å²) in [6.45, 7) is 0.795. The van der Waals surface area contributed by atoms with Gasteiger partial charge in [0.1, 0.15) is 6.26 Å². The van der Waals surface area contributed by atoms with Crippen LogP contribution in [-0.4, -0.2) is 17.1 Å². The van der Waals surface area contributed by atoms with Crippen LogP contribution in [-0.2, 0) is 11.3 Å². The summed E-state index contributed by atoms with van der Waals surface area (Å²) in [6, 6.07) is 6.53. The zero-order valence-corrected chi connectivity index (χ0v) is 9.74. The van der Waals surface area contributed by atoms with Gasteiger partial charge in [0.25, 0.3) is 0 Å². The summed E-state index contributed by atoms with van der Waals surface area (Å²) in [5.74, 6) is -0.413. The van der Waals surface area contributed by atoms with Crippen LogP contribution in [0.4, 0.5) is 0 Å². The number of carbonyl (C=O) groups is 1. The Morgan fingerprint density at radius 1 is 1.33 bits per heavy atom. The minimum absolute atomic E-state index is 0.0568. The van der Waals surface area contributed by atoms with Crippen molar-refractivity contribution < 1.29 is 13.9 Å². The van der Waals surface area contributed by atoms with Gasteiger partial charge < -0.3 is 13.7 Å². The highest BCUT2D eigenvalue weighted by molar-refractivity contribution is 5.88. The molecule has 0 aliphatic heterocycles. The predicted octanol–water partition coefficient (Wildman–Crippen LogP) is 1.69. The van der Waals surface area contributed by atoms with Gasteiger partial charge in [-0.25, -0.2) is 4.79 Å². The Labute approximate surface area is 104 Å². The zero-order chi connectivity index (χ0) is 12.8. The minimum atomic E-state index is -0.413. The van der Waals surface area contributed by atoms with E-state index in [9.17, 15) is 9.59 Å². The first-order valence-electron chi connectivity index (χ1n) is 5.62. The molecule has 0 radical (unpaired) electrons. The number of aryl methyl sites for hydroxylation is 1. The largest absolute Gasteiger partial charge is 0.472 e. The number of furan rings is 1. The van der Waals surface area contributed by atoms with Gasteiger partial charge >= 0.3 is 5.97 Å². The lowest BCUT2D eigenvalue weighted by atomic mass is 10.3. The van der Waals surface area contributed by atoms with Crippen molar-refractivity contribution in [1.82, 2.24) is 4.57 Å². The van der Waals surface area contributed by atoms with E-state index in [4.69, 9.17) is 9.15 Å². The van der Waals surface area contributed by atoms with Crippen molar-refractivity contribution in [1.29, 1.82) is 0 Å². The molecule has 0 aromatic carbocycles. The van der Waals surface area contributed by atoms with Gasteiger partial charge in [-0.15, -0.1) is 0 Å². The van der Waals surface area contributed by atoms with Gasteiger partial charge in [-0.3, -0.25) is 4.79 Å². The Bertz CT molecular complexity index is 556. The molecule has 0 spiro atoms. The Kier molecular flexibility index (Phi) is 3.96. The number of ether oxygens (including phenoxy) is 1. The number of esters is 1. The second-order valence-corrected chi connectivity index (χ2v) is 3.73. The van der Waals surface area contributed by atoms with E-state index < -0.39 is 5.97 Å². The summed E-state index contributed by atoms with van der Waals surface area (Å²) in [4.78, 5) is 22.8. The van der Waals surface area contributed by atoms with Crippen molar-refractivity contribution in [3.63, 3.8) is 0 Å². The fourth-order valence-corrected chi connectivity index (χ4v) is 1.51. The summed E-state index contributed by atoms with van der Waals surface area (Å²) in [5.41, 5.74) is 0.338. The molecule has 0 aliphatic rings. The maximum Gasteiger partial charge on any atom is 0.341 e. The topological polar surface area (TPSA) is 61.4 Å². The summed E-state index contributed by atoms with van der Waals surface area (Å²) in [6.07, 6.45) is 5.05. The molecule has 0 unspecified atom stereocenters. The number of aromatic nitrogens is 1. The van der Waals surface area contributed by atoms with Gasteiger partial charge in [0, 0.05) is 18.8 Å². The highest BCUT2D eigenvalue weighted by Crippen LogP contribution is 2.02. The predicted molar refractivity (Wildman–Crippen MR) is 64.3 cm³/mol. The van der Waals surface area contributed by atoms with Gasteiger partial charge in [0.15, 0.2) is 0 Å². The Balaban J connectivity index is 1.75. The molecule has 0 saturated carbocycles. The van der Waals surface area contributed by atoms with Crippen molar-refractivity contribution in [2.45, 2.75) is 13.0 Å². The lowest BCUT2D eigenvalue weighted by Gasteiger charge is -2.05. The van der Waals surface area contributed by atoms with Crippen LogP contribution in [0, 0.1) is 0 Å². The lowest BCUT2D eigenvalue weighted by Crippen LogP contribution is -2.19. The van der Waals surface area contributed by atoms with Crippen molar-refractivity contribution in [3.05, 3.63) is 58.9 Å². The fourth-order valence-electron chi connectivity index (χ4n) is 1.51. The number of pyridine rings is 1. The maximum absolute atomic E-state index is 11.4. The van der Waals surface area contributed by atoms with E-state index in [1.165, 1.54) is 18.6 Å². The normalized spacial score (nSPS) is 10.2. The van der Waals surface area contributed by atoms with E-state index in [-0.39, 0.29) is 12.2 Å². The molecule has 2 aromatic heterocycles. The Hall–Kier alpha value is -2.30. The minimum Gasteiger partial charge on any atom is -0.472 e. The van der Waals surface area contributed by atoms with Crippen LogP contribution in [0.5, 0.6) is 0 Å². The zero-order valence-electron chi connectivity index (χ0n) is 9.74. The molecule has 0 atom stereocenters. The van der Waals surface area contributed by atoms with Crippen LogP contribution in [0.15, 0.2) is 52.2 Å². The van der Waals surface area contributed by atoms with Crippen LogP contribution in [0.25, 0.3) is 0 Å². The van der Waals surface area contributed by atoms with Crippen molar-refractivity contribution >= 4 is 5.97 Å². The van der Waals surface area contributed by atoms with Crippen LogP contribution >= 0.6 is 0 Å². The standard InChI is InChI=1S/C13H13NO4/c15-12-4-1-2-6-14(12)7-3-8-18-13(16)11-5-9-17-10-11/h1-2,4-6,9-10H,3,7-8H2. The van der Waals surface area contributed by atoms with Crippen LogP contribution in [0.2, 0.25) is 0 Å². The first-order valence-corrected chi connectivity index (χ1v) is 5.62. The first kappa shape index (κ1) is 12.2. The molecule has 0 bridgehead atoms. The highest BCUT2D eigenvalue weighted by Gasteiger charge is 2.07. The summed E-state index contributed by atoms with van der Waals surface area (Å²) in [7, 11) is 0. The summed E-state index contributed by atoms with van der Waals surface area (Å²) in [5, 5.41) is 0. The molecular weight excluding hydrogens is 234 g/mol. The fraction of sp³-hybridized carbons (Fsp3) is 0.231. The second kappa shape index (κ2) is 5.86. The SMILES string of the molecule is O=C(OCCCn1ccccc1=O)c1ccoc1. The summed E-state index contributed by atoms with van der Waals surface area (Å²) < 4.78 is 11.4. The van der Waals surface area contributed by atoms with Crippen LogP contribution in [0.3, 0.4) is 0 Å². The van der Waals surface area contributed by atoms with Crippen molar-refractivity contribution in [2.24, 2.45) is 0 Å². The Morgan fingerprint density at radius 3 is 2.94 bits per heavy atom. The van der Waals surface area contributed by atoms with Crippen molar-refractivity contribution in [2.75, 3.05) is 6.61 Å². The monoisotopic (exact) mass is 247 g/mol. The van der Waals surface area contributed by atoms with E-state index >= 15 is 0 Å². The number of rotatable bonds is 5.